The van der Waals surface area contributed by atoms with Crippen LogP contribution in [0.25, 0.3) is 0 Å². The third kappa shape index (κ3) is 4.44. The maximum Gasteiger partial charge on any atom is 0.413 e. The third-order valence-electron chi connectivity index (χ3n) is 3.96. The molecule has 3 atom stereocenters. The van der Waals surface area contributed by atoms with Gasteiger partial charge in [0.2, 0.25) is 5.13 Å². The number of methoxy groups -OCH3 is 1. The van der Waals surface area contributed by atoms with Crippen LogP contribution in [0.4, 0.5) is 9.93 Å². The third-order valence-corrected chi connectivity index (χ3v) is 4.71. The molecule has 1 aromatic carbocycles. The number of nitrogens with zero attached hydrogens (tertiary/aromatic N) is 2. The normalized spacial score (nSPS) is 22.6. The summed E-state index contributed by atoms with van der Waals surface area (Å²) in [4.78, 5) is 12.1. The fourth-order valence-corrected chi connectivity index (χ4v) is 3.30. The minimum absolute atomic E-state index is 0.176. The number of hydrogen-bond acceptors (Lipinski definition) is 8. The average molecular weight is 364 g/mol. The number of ether oxygens (including phenoxy) is 2. The molecule has 2 aromatic rings. The number of aromatic nitrogens is 2. The van der Waals surface area contributed by atoms with E-state index in [0.29, 0.717) is 18.1 Å². The number of hydrogen-bond donors (Lipinski definition) is 3. The van der Waals surface area contributed by atoms with Crippen molar-refractivity contribution in [1.29, 1.82) is 0 Å². The zero-order valence-electron chi connectivity index (χ0n) is 13.9. The first-order valence-electron chi connectivity index (χ1n) is 7.87. The van der Waals surface area contributed by atoms with Gasteiger partial charge in [-0.3, -0.25) is 5.32 Å². The highest BCUT2D eigenvalue weighted by Crippen LogP contribution is 2.20. The van der Waals surface area contributed by atoms with E-state index in [4.69, 9.17) is 9.47 Å². The standard InChI is InChI=1S/C16H20N4O4S/c1-9-19-20-15(25-9)18-16(22)24-14-12(17-8-13(14)21)7-10-3-5-11(23-2)6-4-10/h3-6,12-14,17,21H,7-8H2,1-2H3,(H,18,20,22)/t12-,13+,14+/m1/s1. The molecule has 3 rings (SSSR count). The number of carbonyl (C=O) groups is 1. The molecule has 1 fully saturated rings. The van der Waals surface area contributed by atoms with Crippen molar-refractivity contribution in [2.45, 2.75) is 31.6 Å². The van der Waals surface area contributed by atoms with E-state index in [1.54, 1.807) is 14.0 Å². The molecule has 1 aliphatic rings. The molecule has 8 nitrogen and oxygen atoms in total. The summed E-state index contributed by atoms with van der Waals surface area (Å²) >= 11 is 1.26. The van der Waals surface area contributed by atoms with Crippen molar-refractivity contribution in [3.05, 3.63) is 34.8 Å². The Morgan fingerprint density at radius 1 is 1.40 bits per heavy atom. The van der Waals surface area contributed by atoms with Gasteiger partial charge in [0.15, 0.2) is 0 Å². The van der Waals surface area contributed by atoms with Crippen molar-refractivity contribution in [1.82, 2.24) is 15.5 Å². The van der Waals surface area contributed by atoms with Crippen LogP contribution in [-0.4, -0.2) is 53.3 Å². The molecule has 134 valence electrons. The average Bonchev–Trinajstić information content (AvgIpc) is 3.15. The highest BCUT2D eigenvalue weighted by molar-refractivity contribution is 7.15. The molecule has 0 unspecified atom stereocenters. The molecule has 0 radical (unpaired) electrons. The maximum atomic E-state index is 12.1. The number of aryl methyl sites for hydroxylation is 1. The Morgan fingerprint density at radius 2 is 2.16 bits per heavy atom. The minimum atomic E-state index is -0.759. The SMILES string of the molecule is COc1ccc(C[C@H]2NC[C@H](O)[C@H]2OC(=O)Nc2nnc(C)s2)cc1. The molecule has 1 aliphatic heterocycles. The quantitative estimate of drug-likeness (QED) is 0.735. The summed E-state index contributed by atoms with van der Waals surface area (Å²) in [6.07, 6.45) is -1.43. The molecular weight excluding hydrogens is 344 g/mol. The monoisotopic (exact) mass is 364 g/mol. The molecule has 1 saturated heterocycles. The fourth-order valence-electron chi connectivity index (χ4n) is 2.72. The molecule has 25 heavy (non-hydrogen) atoms. The number of benzene rings is 1. The zero-order valence-corrected chi connectivity index (χ0v) is 14.7. The summed E-state index contributed by atoms with van der Waals surface area (Å²) in [5.74, 6) is 0.780. The lowest BCUT2D eigenvalue weighted by atomic mass is 10.0. The molecule has 0 aliphatic carbocycles. The summed E-state index contributed by atoms with van der Waals surface area (Å²) in [5.41, 5.74) is 1.06. The molecular formula is C16H20N4O4S. The van der Waals surface area contributed by atoms with E-state index in [1.165, 1.54) is 11.3 Å². The summed E-state index contributed by atoms with van der Waals surface area (Å²) in [5, 5.41) is 24.6. The van der Waals surface area contributed by atoms with Crippen molar-refractivity contribution < 1.29 is 19.4 Å². The predicted octanol–water partition coefficient (Wildman–Crippen LogP) is 1.35. The van der Waals surface area contributed by atoms with E-state index in [2.05, 4.69) is 20.8 Å². The van der Waals surface area contributed by atoms with Gasteiger partial charge in [0.05, 0.1) is 13.2 Å². The number of rotatable bonds is 5. The van der Waals surface area contributed by atoms with E-state index in [9.17, 15) is 9.90 Å². The van der Waals surface area contributed by atoms with Crippen LogP contribution < -0.4 is 15.4 Å². The second-order valence-electron chi connectivity index (χ2n) is 5.76. The van der Waals surface area contributed by atoms with Gasteiger partial charge in [0, 0.05) is 6.54 Å². The van der Waals surface area contributed by atoms with Gasteiger partial charge in [-0.05, 0) is 31.0 Å². The van der Waals surface area contributed by atoms with Gasteiger partial charge in [-0.15, -0.1) is 10.2 Å². The highest BCUT2D eigenvalue weighted by atomic mass is 32.1. The molecule has 1 amide bonds. The van der Waals surface area contributed by atoms with Crippen LogP contribution in [0.5, 0.6) is 5.75 Å². The highest BCUT2D eigenvalue weighted by Gasteiger charge is 2.37. The van der Waals surface area contributed by atoms with Gasteiger partial charge in [-0.25, -0.2) is 4.79 Å². The first kappa shape index (κ1) is 17.6. The summed E-state index contributed by atoms with van der Waals surface area (Å²) in [6, 6.07) is 7.48. The second-order valence-corrected chi connectivity index (χ2v) is 6.94. The molecule has 1 aromatic heterocycles. The van der Waals surface area contributed by atoms with Crippen LogP contribution in [0.1, 0.15) is 10.6 Å². The smallest absolute Gasteiger partial charge is 0.413 e. The Balaban J connectivity index is 1.60. The van der Waals surface area contributed by atoms with Crippen LogP contribution >= 0.6 is 11.3 Å². The summed E-state index contributed by atoms with van der Waals surface area (Å²) < 4.78 is 10.6. The van der Waals surface area contributed by atoms with Crippen molar-refractivity contribution >= 4 is 22.6 Å². The van der Waals surface area contributed by atoms with E-state index in [-0.39, 0.29) is 6.04 Å². The molecule has 3 N–H and O–H groups in total. The van der Waals surface area contributed by atoms with Crippen LogP contribution in [-0.2, 0) is 11.2 Å². The minimum Gasteiger partial charge on any atom is -0.497 e. The van der Waals surface area contributed by atoms with Crippen molar-refractivity contribution in [2.75, 3.05) is 19.0 Å². The van der Waals surface area contributed by atoms with Crippen LogP contribution in [0.15, 0.2) is 24.3 Å². The van der Waals surface area contributed by atoms with Crippen LogP contribution in [0, 0.1) is 6.92 Å². The van der Waals surface area contributed by atoms with E-state index < -0.39 is 18.3 Å². The Morgan fingerprint density at radius 3 is 2.80 bits per heavy atom. The Kier molecular flexibility index (Phi) is 5.47. The topological polar surface area (TPSA) is 106 Å². The Labute approximate surface area is 149 Å². The van der Waals surface area contributed by atoms with Crippen molar-refractivity contribution in [3.63, 3.8) is 0 Å². The molecule has 0 bridgehead atoms. The number of nitrogens with one attached hydrogen (secondary N) is 2. The molecule has 0 saturated carbocycles. The van der Waals surface area contributed by atoms with Gasteiger partial charge < -0.3 is 19.9 Å². The number of anilines is 1. The van der Waals surface area contributed by atoms with Gasteiger partial charge in [0.1, 0.15) is 23.0 Å². The molecule has 2 heterocycles. The Hall–Kier alpha value is -2.23. The first-order valence-corrected chi connectivity index (χ1v) is 8.69. The van der Waals surface area contributed by atoms with Gasteiger partial charge in [-0.2, -0.15) is 0 Å². The van der Waals surface area contributed by atoms with Crippen LogP contribution in [0.2, 0.25) is 0 Å². The van der Waals surface area contributed by atoms with E-state index >= 15 is 0 Å². The van der Waals surface area contributed by atoms with E-state index in [0.717, 1.165) is 16.3 Å². The first-order chi connectivity index (χ1) is 12.0. The van der Waals surface area contributed by atoms with Gasteiger partial charge in [0.25, 0.3) is 0 Å². The lowest BCUT2D eigenvalue weighted by Gasteiger charge is -2.22. The number of aliphatic hydroxyl groups is 1. The summed E-state index contributed by atoms with van der Waals surface area (Å²) in [7, 11) is 1.62. The lowest BCUT2D eigenvalue weighted by Crippen LogP contribution is -2.39. The Bertz CT molecular complexity index is 721. The lowest BCUT2D eigenvalue weighted by molar-refractivity contribution is 0.0254. The zero-order chi connectivity index (χ0) is 17.8. The van der Waals surface area contributed by atoms with E-state index in [1.807, 2.05) is 24.3 Å². The van der Waals surface area contributed by atoms with Crippen molar-refractivity contribution in [2.24, 2.45) is 0 Å². The maximum absolute atomic E-state index is 12.1. The molecule has 0 spiro atoms. The van der Waals surface area contributed by atoms with Crippen LogP contribution in [0.3, 0.4) is 0 Å². The number of carbonyl (C=O) groups excluding carboxylic acids is 1. The van der Waals surface area contributed by atoms with Crippen molar-refractivity contribution in [3.8, 4) is 5.75 Å². The second kappa shape index (κ2) is 7.77. The number of aliphatic hydroxyl groups excluding tert-OH is 1. The predicted molar refractivity (Wildman–Crippen MR) is 93.0 cm³/mol. The largest absolute Gasteiger partial charge is 0.497 e. The number of β-amino-alcohol motifs (C(OH)–C–C–N with tert-alkyl or cyclic N) is 1. The number of amides is 1. The van der Waals surface area contributed by atoms with Gasteiger partial charge in [-0.1, -0.05) is 23.5 Å². The van der Waals surface area contributed by atoms with Gasteiger partial charge >= 0.3 is 6.09 Å². The molecule has 9 heteroatoms. The summed E-state index contributed by atoms with van der Waals surface area (Å²) in [6.45, 7) is 2.17. The fraction of sp³-hybridized carbons (Fsp3) is 0.438.